The van der Waals surface area contributed by atoms with E-state index in [1.807, 2.05) is 49.4 Å². The van der Waals surface area contributed by atoms with Gasteiger partial charge in [-0.25, -0.2) is 0 Å². The minimum atomic E-state index is -0.784. The van der Waals surface area contributed by atoms with Gasteiger partial charge in [0.1, 0.15) is 17.3 Å². The Morgan fingerprint density at radius 1 is 0.971 bits per heavy atom. The summed E-state index contributed by atoms with van der Waals surface area (Å²) >= 11 is 6.14. The molecule has 1 heterocycles. The second kappa shape index (κ2) is 9.61. The fourth-order valence-electron chi connectivity index (χ4n) is 4.24. The van der Waals surface area contributed by atoms with Crippen LogP contribution in [0.4, 0.5) is 0 Å². The van der Waals surface area contributed by atoms with Gasteiger partial charge in [0.2, 0.25) is 0 Å². The van der Waals surface area contributed by atoms with Crippen molar-refractivity contribution in [3.63, 3.8) is 0 Å². The Kier molecular flexibility index (Phi) is 6.61. The Hall–Kier alpha value is -3.77. The number of amides is 1. The van der Waals surface area contributed by atoms with Gasteiger partial charge in [-0.15, -0.1) is 0 Å². The Morgan fingerprint density at radius 3 is 2.35 bits per heavy atom. The van der Waals surface area contributed by atoms with Crippen LogP contribution in [0, 0.1) is 6.92 Å². The van der Waals surface area contributed by atoms with Crippen molar-refractivity contribution >= 4 is 29.1 Å². The van der Waals surface area contributed by atoms with E-state index in [9.17, 15) is 14.7 Å². The van der Waals surface area contributed by atoms with Crippen LogP contribution in [0.5, 0.6) is 11.5 Å². The van der Waals surface area contributed by atoms with E-state index >= 15 is 0 Å². The average Bonchev–Trinajstić information content (AvgIpc) is 3.09. The van der Waals surface area contributed by atoms with Crippen molar-refractivity contribution in [3.05, 3.63) is 99.6 Å². The lowest BCUT2D eigenvalue weighted by atomic mass is 9.92. The Bertz CT molecular complexity index is 1300. The number of para-hydroxylation sites is 1. The van der Waals surface area contributed by atoms with Crippen LogP contribution in [0.15, 0.2) is 72.3 Å². The lowest BCUT2D eigenvalue weighted by Gasteiger charge is -2.27. The summed E-state index contributed by atoms with van der Waals surface area (Å²) in [6.45, 7) is 2.04. The number of aliphatic hydroxyl groups is 1. The molecule has 1 saturated heterocycles. The van der Waals surface area contributed by atoms with Crippen LogP contribution < -0.4 is 9.47 Å². The summed E-state index contributed by atoms with van der Waals surface area (Å²) in [7, 11) is 3.02. The van der Waals surface area contributed by atoms with Gasteiger partial charge >= 0.3 is 0 Å². The molecule has 0 spiro atoms. The summed E-state index contributed by atoms with van der Waals surface area (Å²) in [5.74, 6) is -0.780. The third kappa shape index (κ3) is 4.13. The normalized spacial score (nSPS) is 17.2. The van der Waals surface area contributed by atoms with Gasteiger partial charge in [0, 0.05) is 11.1 Å². The molecular weight excluding hydrogens is 454 g/mol. The number of rotatable bonds is 6. The second-order valence-corrected chi connectivity index (χ2v) is 8.35. The van der Waals surface area contributed by atoms with E-state index in [1.165, 1.54) is 12.0 Å². The number of likely N-dealkylation sites (tertiary alicyclic amines) is 1. The van der Waals surface area contributed by atoms with Crippen molar-refractivity contribution in [2.45, 2.75) is 19.5 Å². The van der Waals surface area contributed by atoms with E-state index in [4.69, 9.17) is 21.1 Å². The summed E-state index contributed by atoms with van der Waals surface area (Å²) < 4.78 is 10.7. The van der Waals surface area contributed by atoms with Crippen LogP contribution in [0.2, 0.25) is 5.02 Å². The number of carbonyl (C=O) groups excluding carboxylic acids is 2. The molecule has 1 N–H and O–H groups in total. The van der Waals surface area contributed by atoms with Crippen molar-refractivity contribution in [2.24, 2.45) is 0 Å². The first kappa shape index (κ1) is 23.4. The number of methoxy groups -OCH3 is 2. The van der Waals surface area contributed by atoms with Crippen LogP contribution >= 0.6 is 11.6 Å². The molecular formula is C27H24ClNO5. The molecule has 7 heteroatoms. The Balaban J connectivity index is 1.90. The fourth-order valence-corrected chi connectivity index (χ4v) is 4.43. The molecule has 0 aliphatic carbocycles. The minimum Gasteiger partial charge on any atom is -0.507 e. The topological polar surface area (TPSA) is 76.1 Å². The first-order valence-corrected chi connectivity index (χ1v) is 11.0. The molecule has 3 aromatic rings. The van der Waals surface area contributed by atoms with E-state index < -0.39 is 17.7 Å². The maximum atomic E-state index is 13.3. The third-order valence-corrected chi connectivity index (χ3v) is 6.29. The summed E-state index contributed by atoms with van der Waals surface area (Å²) in [5, 5.41) is 11.6. The maximum Gasteiger partial charge on any atom is 0.295 e. The summed E-state index contributed by atoms with van der Waals surface area (Å²) in [4.78, 5) is 28.0. The number of halogens is 1. The van der Waals surface area contributed by atoms with Crippen LogP contribution in [-0.2, 0) is 16.1 Å². The summed E-state index contributed by atoms with van der Waals surface area (Å²) in [6.07, 6.45) is 0. The van der Waals surface area contributed by atoms with Crippen LogP contribution in [-0.4, -0.2) is 35.9 Å². The molecule has 1 fully saturated rings. The first-order valence-electron chi connectivity index (χ1n) is 10.7. The number of carbonyl (C=O) groups is 2. The minimum absolute atomic E-state index is 0.0126. The number of nitrogens with zero attached hydrogens (tertiary/aromatic N) is 1. The number of hydrogen-bond donors (Lipinski definition) is 1. The maximum absolute atomic E-state index is 13.3. The molecule has 1 amide bonds. The summed E-state index contributed by atoms with van der Waals surface area (Å²) in [5.41, 5.74) is 2.73. The van der Waals surface area contributed by atoms with E-state index in [1.54, 1.807) is 31.4 Å². The van der Waals surface area contributed by atoms with Crippen LogP contribution in [0.25, 0.3) is 5.76 Å². The standard InChI is InChI=1S/C27H24ClNO5/c1-16-8-4-6-10-19(16)24-23(25(30)17-12-13-20(28)22(14-17)34-3)26(31)27(32)29(24)15-18-9-5-7-11-21(18)33-2/h4-14,24,30H,15H2,1-3H3/b25-23+. The zero-order valence-corrected chi connectivity index (χ0v) is 19.8. The van der Waals surface area contributed by atoms with Gasteiger partial charge in [-0.1, -0.05) is 54.1 Å². The number of Topliss-reactive ketones (excluding diaryl/α,β-unsaturated/α-hetero) is 1. The lowest BCUT2D eigenvalue weighted by molar-refractivity contribution is -0.140. The average molecular weight is 478 g/mol. The van der Waals surface area contributed by atoms with Gasteiger partial charge in [0.15, 0.2) is 0 Å². The second-order valence-electron chi connectivity index (χ2n) is 7.94. The van der Waals surface area contributed by atoms with Crippen molar-refractivity contribution in [1.29, 1.82) is 0 Å². The highest BCUT2D eigenvalue weighted by Gasteiger charge is 2.46. The van der Waals surface area contributed by atoms with Crippen molar-refractivity contribution in [3.8, 4) is 11.5 Å². The quantitative estimate of drug-likeness (QED) is 0.296. The van der Waals surface area contributed by atoms with E-state index in [2.05, 4.69) is 0 Å². The molecule has 6 nitrogen and oxygen atoms in total. The molecule has 1 atom stereocenters. The largest absolute Gasteiger partial charge is 0.507 e. The zero-order chi connectivity index (χ0) is 24.4. The number of benzene rings is 3. The first-order chi connectivity index (χ1) is 16.4. The zero-order valence-electron chi connectivity index (χ0n) is 19.0. The Labute approximate surface area is 203 Å². The number of ether oxygens (including phenoxy) is 2. The highest BCUT2D eigenvalue weighted by Crippen LogP contribution is 2.42. The van der Waals surface area contributed by atoms with Gasteiger partial charge in [0.25, 0.3) is 11.7 Å². The lowest BCUT2D eigenvalue weighted by Crippen LogP contribution is -2.29. The van der Waals surface area contributed by atoms with E-state index in [0.29, 0.717) is 22.1 Å². The molecule has 0 aromatic heterocycles. The molecule has 3 aromatic carbocycles. The Morgan fingerprint density at radius 2 is 1.65 bits per heavy atom. The van der Waals surface area contributed by atoms with Crippen molar-refractivity contribution < 1.29 is 24.2 Å². The molecule has 1 unspecified atom stereocenters. The molecule has 0 radical (unpaired) electrons. The van der Waals surface area contributed by atoms with Gasteiger partial charge in [-0.05, 0) is 42.3 Å². The number of aryl methyl sites for hydroxylation is 1. The van der Waals surface area contributed by atoms with Crippen LogP contribution in [0.1, 0.15) is 28.3 Å². The molecule has 4 rings (SSSR count). The third-order valence-electron chi connectivity index (χ3n) is 5.98. The highest BCUT2D eigenvalue weighted by atomic mass is 35.5. The number of ketones is 1. The molecule has 0 saturated carbocycles. The van der Waals surface area contributed by atoms with Crippen molar-refractivity contribution in [1.82, 2.24) is 4.90 Å². The van der Waals surface area contributed by atoms with Gasteiger partial charge in [-0.2, -0.15) is 0 Å². The number of aliphatic hydroxyl groups excluding tert-OH is 1. The van der Waals surface area contributed by atoms with Crippen LogP contribution in [0.3, 0.4) is 0 Å². The monoisotopic (exact) mass is 477 g/mol. The predicted molar refractivity (Wildman–Crippen MR) is 130 cm³/mol. The molecule has 0 bridgehead atoms. The molecule has 174 valence electrons. The fraction of sp³-hybridized carbons (Fsp3) is 0.185. The molecule has 1 aliphatic rings. The molecule has 1 aliphatic heterocycles. The van der Waals surface area contributed by atoms with Crippen molar-refractivity contribution in [2.75, 3.05) is 14.2 Å². The van der Waals surface area contributed by atoms with Gasteiger partial charge < -0.3 is 19.5 Å². The number of hydrogen-bond acceptors (Lipinski definition) is 5. The molecule has 34 heavy (non-hydrogen) atoms. The summed E-state index contributed by atoms with van der Waals surface area (Å²) in [6, 6.07) is 18.7. The van der Waals surface area contributed by atoms with E-state index in [0.717, 1.165) is 16.7 Å². The highest BCUT2D eigenvalue weighted by molar-refractivity contribution is 6.46. The van der Waals surface area contributed by atoms with Gasteiger partial charge in [-0.3, -0.25) is 9.59 Å². The smallest absolute Gasteiger partial charge is 0.295 e. The van der Waals surface area contributed by atoms with Gasteiger partial charge in [0.05, 0.1) is 37.4 Å². The predicted octanol–water partition coefficient (Wildman–Crippen LogP) is 5.29. The van der Waals surface area contributed by atoms with E-state index in [-0.39, 0.29) is 17.9 Å². The SMILES string of the molecule is COc1cc(/C(O)=C2\C(=O)C(=O)N(Cc3ccccc3OC)C2c2ccccc2C)ccc1Cl.